The second-order valence-electron chi connectivity index (χ2n) is 6.75. The van der Waals surface area contributed by atoms with E-state index in [1.54, 1.807) is 13.2 Å². The first-order valence-electron chi connectivity index (χ1n) is 9.33. The summed E-state index contributed by atoms with van der Waals surface area (Å²) in [6, 6.07) is 12.0. The molecule has 0 heterocycles. The highest BCUT2D eigenvalue weighted by Gasteiger charge is 2.22. The highest BCUT2D eigenvalue weighted by Crippen LogP contribution is 2.37. The monoisotopic (exact) mass is 380 g/mol. The van der Waals surface area contributed by atoms with Gasteiger partial charge in [0.05, 0.1) is 14.2 Å². The third-order valence-electron chi connectivity index (χ3n) is 4.55. The molecule has 2 rings (SSSR count). The summed E-state index contributed by atoms with van der Waals surface area (Å²) in [6.07, 6.45) is 6.75. The van der Waals surface area contributed by atoms with Gasteiger partial charge in [0.1, 0.15) is 17.1 Å². The first-order chi connectivity index (χ1) is 13.5. The fourth-order valence-electron chi connectivity index (χ4n) is 3.02. The summed E-state index contributed by atoms with van der Waals surface area (Å²) in [7, 11) is 2.86. The second-order valence-corrected chi connectivity index (χ2v) is 6.75. The Labute approximate surface area is 167 Å². The number of methoxy groups -OCH3 is 2. The van der Waals surface area contributed by atoms with Crippen LogP contribution in [0.15, 0.2) is 54.6 Å². The predicted molar refractivity (Wildman–Crippen MR) is 113 cm³/mol. The van der Waals surface area contributed by atoms with E-state index in [1.165, 1.54) is 12.7 Å². The zero-order chi connectivity index (χ0) is 20.5. The molecule has 4 heteroatoms. The SMILES string of the molecule is C=C(C)CCc1c(OC)cc(/C=C/CCc2ccccc2)c(C(=O)OC)c1O. The van der Waals surface area contributed by atoms with E-state index in [4.69, 9.17) is 9.47 Å². The molecule has 0 aliphatic rings. The molecule has 2 aromatic rings. The van der Waals surface area contributed by atoms with E-state index in [-0.39, 0.29) is 11.3 Å². The van der Waals surface area contributed by atoms with Crippen LogP contribution in [0.25, 0.3) is 6.08 Å². The van der Waals surface area contributed by atoms with Gasteiger partial charge in [-0.15, -0.1) is 6.58 Å². The van der Waals surface area contributed by atoms with Crippen molar-refractivity contribution in [3.05, 3.63) is 76.9 Å². The number of aryl methyl sites for hydroxylation is 1. The van der Waals surface area contributed by atoms with Gasteiger partial charge in [-0.2, -0.15) is 0 Å². The van der Waals surface area contributed by atoms with Gasteiger partial charge in [0, 0.05) is 5.56 Å². The molecule has 148 valence electrons. The fraction of sp³-hybridized carbons (Fsp3) is 0.292. The number of carbonyl (C=O) groups is 1. The van der Waals surface area contributed by atoms with Gasteiger partial charge < -0.3 is 14.6 Å². The first kappa shape index (κ1) is 21.3. The Kier molecular flexibility index (Phi) is 7.88. The van der Waals surface area contributed by atoms with Crippen molar-refractivity contribution in [2.45, 2.75) is 32.6 Å². The normalized spacial score (nSPS) is 10.8. The molecule has 0 unspecified atom stereocenters. The Bertz CT molecular complexity index is 851. The minimum absolute atomic E-state index is 0.0878. The van der Waals surface area contributed by atoms with E-state index >= 15 is 0 Å². The zero-order valence-corrected chi connectivity index (χ0v) is 16.8. The average molecular weight is 380 g/mol. The second kappa shape index (κ2) is 10.4. The molecule has 0 atom stereocenters. The van der Waals surface area contributed by atoms with Crippen LogP contribution < -0.4 is 4.74 Å². The zero-order valence-electron chi connectivity index (χ0n) is 16.8. The molecule has 0 bridgehead atoms. The van der Waals surface area contributed by atoms with Gasteiger partial charge in [-0.1, -0.05) is 48.1 Å². The lowest BCUT2D eigenvalue weighted by atomic mass is 9.96. The lowest BCUT2D eigenvalue weighted by molar-refractivity contribution is 0.0597. The van der Waals surface area contributed by atoms with Gasteiger partial charge in [-0.05, 0) is 49.8 Å². The quantitative estimate of drug-likeness (QED) is 0.471. The van der Waals surface area contributed by atoms with Crippen molar-refractivity contribution in [2.75, 3.05) is 14.2 Å². The number of phenolic OH excluding ortho intramolecular Hbond substituents is 1. The Morgan fingerprint density at radius 2 is 1.89 bits per heavy atom. The van der Waals surface area contributed by atoms with Crippen molar-refractivity contribution in [1.82, 2.24) is 0 Å². The summed E-state index contributed by atoms with van der Waals surface area (Å²) >= 11 is 0. The molecule has 0 aromatic heterocycles. The topological polar surface area (TPSA) is 55.8 Å². The number of aromatic hydroxyl groups is 1. The largest absolute Gasteiger partial charge is 0.507 e. The van der Waals surface area contributed by atoms with Crippen molar-refractivity contribution >= 4 is 12.0 Å². The molecule has 0 amide bonds. The number of carbonyl (C=O) groups excluding carboxylic acids is 1. The Morgan fingerprint density at radius 3 is 2.50 bits per heavy atom. The molecule has 28 heavy (non-hydrogen) atoms. The van der Waals surface area contributed by atoms with Crippen molar-refractivity contribution in [3.63, 3.8) is 0 Å². The molecular weight excluding hydrogens is 352 g/mol. The van der Waals surface area contributed by atoms with E-state index in [9.17, 15) is 9.90 Å². The maximum atomic E-state index is 12.3. The molecule has 1 N–H and O–H groups in total. The number of phenols is 1. The van der Waals surface area contributed by atoms with Crippen LogP contribution in [0.1, 0.15) is 46.8 Å². The van der Waals surface area contributed by atoms with Crippen LogP contribution in [-0.2, 0) is 17.6 Å². The van der Waals surface area contributed by atoms with E-state index in [0.717, 1.165) is 18.4 Å². The average Bonchev–Trinajstić information content (AvgIpc) is 2.70. The first-order valence-corrected chi connectivity index (χ1v) is 9.33. The Hall–Kier alpha value is -3.01. The standard InChI is InChI=1S/C24H28O4/c1-17(2)14-15-20-21(27-3)16-19(22(23(20)25)24(26)28-4)13-9-8-12-18-10-6-5-7-11-18/h5-7,9-11,13,16,25H,1,8,12,14-15H2,2-4H3/b13-9+. The summed E-state index contributed by atoms with van der Waals surface area (Å²) in [6.45, 7) is 5.82. The van der Waals surface area contributed by atoms with Gasteiger partial charge >= 0.3 is 5.97 Å². The molecule has 0 aliphatic carbocycles. The minimum Gasteiger partial charge on any atom is -0.507 e. The lowest BCUT2D eigenvalue weighted by Crippen LogP contribution is -2.07. The van der Waals surface area contributed by atoms with E-state index in [1.807, 2.05) is 37.3 Å². The van der Waals surface area contributed by atoms with Crippen LogP contribution in [0.3, 0.4) is 0 Å². The number of esters is 1. The molecule has 4 nitrogen and oxygen atoms in total. The number of rotatable bonds is 9. The van der Waals surface area contributed by atoms with Crippen LogP contribution >= 0.6 is 0 Å². The predicted octanol–water partition coefficient (Wildman–Crippen LogP) is 5.34. The highest BCUT2D eigenvalue weighted by atomic mass is 16.5. The fourth-order valence-corrected chi connectivity index (χ4v) is 3.02. The number of hydrogen-bond donors (Lipinski definition) is 1. The molecule has 0 fully saturated rings. The van der Waals surface area contributed by atoms with Crippen LogP contribution in [0.4, 0.5) is 0 Å². The van der Waals surface area contributed by atoms with Crippen LogP contribution in [0, 0.1) is 0 Å². The number of allylic oxidation sites excluding steroid dienone is 2. The van der Waals surface area contributed by atoms with Crippen molar-refractivity contribution < 1.29 is 19.4 Å². The van der Waals surface area contributed by atoms with Crippen LogP contribution in [0.5, 0.6) is 11.5 Å². The molecule has 0 saturated heterocycles. The number of benzene rings is 2. The van der Waals surface area contributed by atoms with Crippen molar-refractivity contribution in [2.24, 2.45) is 0 Å². The van der Waals surface area contributed by atoms with Gasteiger partial charge in [-0.25, -0.2) is 4.79 Å². The number of hydrogen-bond acceptors (Lipinski definition) is 4. The van der Waals surface area contributed by atoms with Gasteiger partial charge in [-0.3, -0.25) is 0 Å². The minimum atomic E-state index is -0.570. The summed E-state index contributed by atoms with van der Waals surface area (Å²) in [5.41, 5.74) is 3.57. The highest BCUT2D eigenvalue weighted by molar-refractivity contribution is 5.97. The molecule has 0 saturated carbocycles. The summed E-state index contributed by atoms with van der Waals surface area (Å²) in [4.78, 5) is 12.3. The molecule has 0 spiro atoms. The third-order valence-corrected chi connectivity index (χ3v) is 4.55. The third kappa shape index (κ3) is 5.49. The summed E-state index contributed by atoms with van der Waals surface area (Å²) in [5.74, 6) is -0.108. The van der Waals surface area contributed by atoms with Gasteiger partial charge in [0.15, 0.2) is 0 Å². The molecule has 0 radical (unpaired) electrons. The van der Waals surface area contributed by atoms with Gasteiger partial charge in [0.25, 0.3) is 0 Å². The number of ether oxygens (including phenoxy) is 2. The van der Waals surface area contributed by atoms with Crippen LogP contribution in [0.2, 0.25) is 0 Å². The summed E-state index contributed by atoms with van der Waals surface area (Å²) in [5, 5.41) is 10.8. The Morgan fingerprint density at radius 1 is 1.18 bits per heavy atom. The van der Waals surface area contributed by atoms with Gasteiger partial charge in [0.2, 0.25) is 0 Å². The molecule has 2 aromatic carbocycles. The van der Waals surface area contributed by atoms with Crippen molar-refractivity contribution in [3.8, 4) is 11.5 Å². The maximum Gasteiger partial charge on any atom is 0.342 e. The van der Waals surface area contributed by atoms with E-state index in [2.05, 4.69) is 18.7 Å². The smallest absolute Gasteiger partial charge is 0.342 e. The van der Waals surface area contributed by atoms with Crippen LogP contribution in [-0.4, -0.2) is 25.3 Å². The van der Waals surface area contributed by atoms with E-state index < -0.39 is 5.97 Å². The maximum absolute atomic E-state index is 12.3. The summed E-state index contributed by atoms with van der Waals surface area (Å²) < 4.78 is 10.4. The molecule has 0 aliphatic heterocycles. The van der Waals surface area contributed by atoms with E-state index in [0.29, 0.717) is 29.7 Å². The molecular formula is C24H28O4. The lowest BCUT2D eigenvalue weighted by Gasteiger charge is -2.16. The Balaban J connectivity index is 2.33. The van der Waals surface area contributed by atoms with Crippen molar-refractivity contribution in [1.29, 1.82) is 0 Å².